The van der Waals surface area contributed by atoms with E-state index in [9.17, 15) is 18.0 Å². The van der Waals surface area contributed by atoms with Crippen LogP contribution in [0.5, 0.6) is 0 Å². The van der Waals surface area contributed by atoms with Gasteiger partial charge in [-0.25, -0.2) is 8.42 Å². The number of aliphatic carboxylic acids is 1. The molecule has 0 spiro atoms. The SMILES string of the molecule is CCCCCS(=O)(=O)CC(=O)NCCC(=O)O. The van der Waals surface area contributed by atoms with Crippen LogP contribution in [0.15, 0.2) is 0 Å². The van der Waals surface area contributed by atoms with Crippen molar-refractivity contribution >= 4 is 21.7 Å². The number of hydrogen-bond donors (Lipinski definition) is 2. The summed E-state index contributed by atoms with van der Waals surface area (Å²) in [5, 5.41) is 10.6. The van der Waals surface area contributed by atoms with E-state index in [1.54, 1.807) is 0 Å². The average Bonchev–Trinajstić information content (AvgIpc) is 2.16. The molecule has 0 heterocycles. The predicted molar refractivity (Wildman–Crippen MR) is 63.4 cm³/mol. The molecule has 6 nitrogen and oxygen atoms in total. The van der Waals surface area contributed by atoms with Crippen molar-refractivity contribution in [3.8, 4) is 0 Å². The number of hydrogen-bond acceptors (Lipinski definition) is 4. The van der Waals surface area contributed by atoms with Gasteiger partial charge in [-0.05, 0) is 6.42 Å². The maximum Gasteiger partial charge on any atom is 0.305 e. The Labute approximate surface area is 101 Å². The zero-order valence-corrected chi connectivity index (χ0v) is 10.8. The third-order valence-corrected chi connectivity index (χ3v) is 3.68. The van der Waals surface area contributed by atoms with Crippen molar-refractivity contribution in [1.29, 1.82) is 0 Å². The summed E-state index contributed by atoms with van der Waals surface area (Å²) in [5.74, 6) is -2.22. The van der Waals surface area contributed by atoms with Crippen molar-refractivity contribution in [2.75, 3.05) is 18.1 Å². The zero-order chi connectivity index (χ0) is 13.3. The summed E-state index contributed by atoms with van der Waals surface area (Å²) in [6, 6.07) is 0. The van der Waals surface area contributed by atoms with Gasteiger partial charge in [0.15, 0.2) is 9.84 Å². The second kappa shape index (κ2) is 8.05. The van der Waals surface area contributed by atoms with E-state index in [-0.39, 0.29) is 18.7 Å². The molecule has 100 valence electrons. The molecule has 0 saturated heterocycles. The Morgan fingerprint density at radius 2 is 1.88 bits per heavy atom. The van der Waals surface area contributed by atoms with E-state index in [1.807, 2.05) is 6.92 Å². The number of carboxylic acid groups (broad SMARTS) is 1. The van der Waals surface area contributed by atoms with Crippen molar-refractivity contribution in [3.05, 3.63) is 0 Å². The van der Waals surface area contributed by atoms with Crippen molar-refractivity contribution in [2.45, 2.75) is 32.6 Å². The Bertz CT molecular complexity index is 350. The van der Waals surface area contributed by atoms with Crippen molar-refractivity contribution in [1.82, 2.24) is 5.32 Å². The third kappa shape index (κ3) is 9.80. The molecule has 0 aliphatic carbocycles. The summed E-state index contributed by atoms with van der Waals surface area (Å²) in [4.78, 5) is 21.4. The molecule has 0 aliphatic heterocycles. The molecular formula is C10H19NO5S. The lowest BCUT2D eigenvalue weighted by Gasteiger charge is -2.05. The number of carbonyl (C=O) groups is 2. The minimum absolute atomic E-state index is 0.00713. The predicted octanol–water partition coefficient (Wildman–Crippen LogP) is 0.182. The Morgan fingerprint density at radius 1 is 1.24 bits per heavy atom. The zero-order valence-electron chi connectivity index (χ0n) is 9.94. The van der Waals surface area contributed by atoms with Crippen LogP contribution in [0.25, 0.3) is 0 Å². The third-order valence-electron chi connectivity index (χ3n) is 2.07. The molecule has 0 atom stereocenters. The van der Waals surface area contributed by atoms with Crippen molar-refractivity contribution in [2.24, 2.45) is 0 Å². The smallest absolute Gasteiger partial charge is 0.305 e. The highest BCUT2D eigenvalue weighted by Crippen LogP contribution is 2.00. The van der Waals surface area contributed by atoms with Crippen molar-refractivity contribution in [3.63, 3.8) is 0 Å². The van der Waals surface area contributed by atoms with Crippen LogP contribution >= 0.6 is 0 Å². The van der Waals surface area contributed by atoms with E-state index < -0.39 is 27.5 Å². The molecule has 0 bridgehead atoms. The summed E-state index contributed by atoms with van der Waals surface area (Å²) in [7, 11) is -3.36. The summed E-state index contributed by atoms with van der Waals surface area (Å²) >= 11 is 0. The van der Waals surface area contributed by atoms with E-state index in [2.05, 4.69) is 5.32 Å². The highest BCUT2D eigenvalue weighted by atomic mass is 32.2. The number of rotatable bonds is 9. The van der Waals surface area contributed by atoms with Crippen LogP contribution < -0.4 is 5.32 Å². The van der Waals surface area contributed by atoms with Crippen molar-refractivity contribution < 1.29 is 23.1 Å². The lowest BCUT2D eigenvalue weighted by molar-refractivity contribution is -0.136. The Kier molecular flexibility index (Phi) is 7.53. The van der Waals surface area contributed by atoms with Gasteiger partial charge in [0.25, 0.3) is 0 Å². The molecule has 0 saturated carbocycles. The second-order valence-electron chi connectivity index (χ2n) is 3.79. The standard InChI is InChI=1S/C10H19NO5S/c1-2-3-4-7-17(15,16)8-9(12)11-6-5-10(13)14/h2-8H2,1H3,(H,11,12)(H,13,14). The lowest BCUT2D eigenvalue weighted by atomic mass is 10.3. The molecule has 2 N–H and O–H groups in total. The van der Waals surface area contributed by atoms with Gasteiger partial charge in [-0.1, -0.05) is 19.8 Å². The first kappa shape index (κ1) is 15.9. The number of amides is 1. The maximum absolute atomic E-state index is 11.4. The topological polar surface area (TPSA) is 101 Å². The van der Waals surface area contributed by atoms with Crippen LogP contribution in [0.2, 0.25) is 0 Å². The number of unbranched alkanes of at least 4 members (excludes halogenated alkanes) is 2. The second-order valence-corrected chi connectivity index (χ2v) is 5.98. The molecule has 0 unspecified atom stereocenters. The van der Waals surface area contributed by atoms with Gasteiger partial charge in [0.05, 0.1) is 12.2 Å². The highest BCUT2D eigenvalue weighted by molar-refractivity contribution is 7.92. The number of carboxylic acids is 1. The minimum atomic E-state index is -3.36. The molecule has 0 aromatic rings. The van der Waals surface area contributed by atoms with Gasteiger partial charge in [-0.2, -0.15) is 0 Å². The molecule has 0 fully saturated rings. The molecule has 0 aromatic heterocycles. The lowest BCUT2D eigenvalue weighted by Crippen LogP contribution is -2.32. The number of sulfone groups is 1. The summed E-state index contributed by atoms with van der Waals surface area (Å²) in [6.45, 7) is 1.92. The van der Waals surface area contributed by atoms with Gasteiger partial charge < -0.3 is 10.4 Å². The monoisotopic (exact) mass is 265 g/mol. The molecule has 1 amide bonds. The quantitative estimate of drug-likeness (QED) is 0.579. The summed E-state index contributed by atoms with van der Waals surface area (Å²) < 4.78 is 22.9. The van der Waals surface area contributed by atoms with E-state index in [1.165, 1.54) is 0 Å². The first-order valence-corrected chi connectivity index (χ1v) is 7.38. The van der Waals surface area contributed by atoms with E-state index >= 15 is 0 Å². The molecule has 0 radical (unpaired) electrons. The summed E-state index contributed by atoms with van der Waals surface area (Å²) in [6.07, 6.45) is 2.09. The molecule has 7 heteroatoms. The van der Waals surface area contributed by atoms with Crippen LogP contribution in [0.4, 0.5) is 0 Å². The largest absolute Gasteiger partial charge is 0.481 e. The molecule has 0 aromatic carbocycles. The maximum atomic E-state index is 11.4. The number of nitrogens with one attached hydrogen (secondary N) is 1. The Morgan fingerprint density at radius 3 is 2.41 bits per heavy atom. The fraction of sp³-hybridized carbons (Fsp3) is 0.800. The van der Waals surface area contributed by atoms with E-state index in [0.717, 1.165) is 12.8 Å². The molecular weight excluding hydrogens is 246 g/mol. The Balaban J connectivity index is 3.89. The molecule has 17 heavy (non-hydrogen) atoms. The van der Waals surface area contributed by atoms with E-state index in [0.29, 0.717) is 6.42 Å². The fourth-order valence-electron chi connectivity index (χ4n) is 1.20. The van der Waals surface area contributed by atoms with Gasteiger partial charge in [0.2, 0.25) is 5.91 Å². The van der Waals surface area contributed by atoms with Crippen LogP contribution in [0.3, 0.4) is 0 Å². The van der Waals surface area contributed by atoms with Gasteiger partial charge in [0, 0.05) is 6.54 Å². The van der Waals surface area contributed by atoms with Crippen LogP contribution in [-0.2, 0) is 19.4 Å². The highest BCUT2D eigenvalue weighted by Gasteiger charge is 2.15. The first-order valence-electron chi connectivity index (χ1n) is 5.56. The normalized spacial score (nSPS) is 11.1. The minimum Gasteiger partial charge on any atom is -0.481 e. The van der Waals surface area contributed by atoms with Gasteiger partial charge in [-0.3, -0.25) is 9.59 Å². The fourth-order valence-corrected chi connectivity index (χ4v) is 2.49. The first-order chi connectivity index (χ1) is 7.87. The summed E-state index contributed by atoms with van der Waals surface area (Å²) in [5.41, 5.74) is 0. The Hall–Kier alpha value is -1.11. The van der Waals surface area contributed by atoms with Crippen LogP contribution in [0.1, 0.15) is 32.6 Å². The van der Waals surface area contributed by atoms with Gasteiger partial charge in [0.1, 0.15) is 5.75 Å². The van der Waals surface area contributed by atoms with Gasteiger partial charge in [-0.15, -0.1) is 0 Å². The van der Waals surface area contributed by atoms with Crippen LogP contribution in [0, 0.1) is 0 Å². The average molecular weight is 265 g/mol. The molecule has 0 rings (SSSR count). The molecule has 0 aliphatic rings. The van der Waals surface area contributed by atoms with Crippen LogP contribution in [-0.4, -0.2) is 43.5 Å². The number of carbonyl (C=O) groups excluding carboxylic acids is 1. The van der Waals surface area contributed by atoms with Gasteiger partial charge >= 0.3 is 5.97 Å². The van der Waals surface area contributed by atoms with E-state index in [4.69, 9.17) is 5.11 Å².